The summed E-state index contributed by atoms with van der Waals surface area (Å²) in [5.74, 6) is 1.42. The van der Waals surface area contributed by atoms with Gasteiger partial charge in [0.1, 0.15) is 0 Å². The fourth-order valence-electron chi connectivity index (χ4n) is 2.40. The Labute approximate surface area is 142 Å². The first-order chi connectivity index (χ1) is 11.0. The van der Waals surface area contributed by atoms with Gasteiger partial charge in [-0.2, -0.15) is 0 Å². The molecule has 0 atom stereocenters. The third-order valence-electron chi connectivity index (χ3n) is 3.38. The van der Waals surface area contributed by atoms with Crippen molar-refractivity contribution < 1.29 is 9.47 Å². The van der Waals surface area contributed by atoms with Gasteiger partial charge in [-0.3, -0.25) is 0 Å². The molecule has 2 N–H and O–H groups in total. The molecule has 0 fully saturated rings. The SMILES string of the molecule is COc1ccc(CNC(=S)Nc2cc(C)cc(C)c2)cc1OC. The summed E-state index contributed by atoms with van der Waals surface area (Å²) >= 11 is 5.35. The summed E-state index contributed by atoms with van der Waals surface area (Å²) in [5, 5.41) is 7.00. The van der Waals surface area contributed by atoms with Crippen molar-refractivity contribution in [3.05, 3.63) is 53.1 Å². The number of hydrogen-bond donors (Lipinski definition) is 2. The van der Waals surface area contributed by atoms with E-state index in [4.69, 9.17) is 21.7 Å². The Morgan fingerprint density at radius 2 is 1.61 bits per heavy atom. The summed E-state index contributed by atoms with van der Waals surface area (Å²) < 4.78 is 10.5. The molecule has 0 saturated heterocycles. The van der Waals surface area contributed by atoms with E-state index in [2.05, 4.69) is 42.7 Å². The predicted molar refractivity (Wildman–Crippen MR) is 98.5 cm³/mol. The van der Waals surface area contributed by atoms with Crippen LogP contribution < -0.4 is 20.1 Å². The zero-order chi connectivity index (χ0) is 16.8. The third kappa shape index (κ3) is 4.86. The van der Waals surface area contributed by atoms with Crippen LogP contribution in [-0.4, -0.2) is 19.3 Å². The van der Waals surface area contributed by atoms with E-state index >= 15 is 0 Å². The number of methoxy groups -OCH3 is 2. The van der Waals surface area contributed by atoms with Crippen LogP contribution in [-0.2, 0) is 6.54 Å². The number of thiocarbonyl (C=S) groups is 1. The summed E-state index contributed by atoms with van der Waals surface area (Å²) in [5.41, 5.74) is 4.46. The Morgan fingerprint density at radius 1 is 0.957 bits per heavy atom. The second-order valence-electron chi connectivity index (χ2n) is 5.37. The highest BCUT2D eigenvalue weighted by Gasteiger charge is 2.05. The second-order valence-corrected chi connectivity index (χ2v) is 5.78. The van der Waals surface area contributed by atoms with Crippen LogP contribution >= 0.6 is 12.2 Å². The Bertz CT molecular complexity index is 681. The first-order valence-corrected chi connectivity index (χ1v) is 7.76. The zero-order valence-corrected chi connectivity index (χ0v) is 14.7. The standard InChI is InChI=1S/C18H22N2O2S/c1-12-7-13(2)9-15(8-12)20-18(23)19-11-14-5-6-16(21-3)17(10-14)22-4/h5-10H,11H2,1-4H3,(H2,19,20,23). The molecule has 0 heterocycles. The Balaban J connectivity index is 1.96. The first-order valence-electron chi connectivity index (χ1n) is 7.36. The minimum Gasteiger partial charge on any atom is -0.493 e. The molecule has 2 aromatic rings. The van der Waals surface area contributed by atoms with Crippen molar-refractivity contribution in [1.29, 1.82) is 0 Å². The molecule has 2 aromatic carbocycles. The summed E-state index contributed by atoms with van der Waals surface area (Å²) in [6.45, 7) is 4.74. The van der Waals surface area contributed by atoms with Crippen molar-refractivity contribution in [3.63, 3.8) is 0 Å². The summed E-state index contributed by atoms with van der Waals surface area (Å²) in [4.78, 5) is 0. The lowest BCUT2D eigenvalue weighted by Gasteiger charge is -2.13. The fourth-order valence-corrected chi connectivity index (χ4v) is 2.59. The minimum absolute atomic E-state index is 0.588. The van der Waals surface area contributed by atoms with Gasteiger partial charge in [0.05, 0.1) is 14.2 Å². The number of anilines is 1. The molecule has 23 heavy (non-hydrogen) atoms. The van der Waals surface area contributed by atoms with E-state index in [1.807, 2.05) is 18.2 Å². The van der Waals surface area contributed by atoms with Crippen molar-refractivity contribution in [3.8, 4) is 11.5 Å². The number of nitrogens with one attached hydrogen (secondary N) is 2. The molecule has 0 aliphatic rings. The lowest BCUT2D eigenvalue weighted by molar-refractivity contribution is 0.354. The Morgan fingerprint density at radius 3 is 2.22 bits per heavy atom. The van der Waals surface area contributed by atoms with Crippen LogP contribution in [0.15, 0.2) is 36.4 Å². The molecule has 0 amide bonds. The Hall–Kier alpha value is -2.27. The number of benzene rings is 2. The number of rotatable bonds is 5. The molecule has 0 aliphatic heterocycles. The van der Waals surface area contributed by atoms with E-state index in [1.165, 1.54) is 11.1 Å². The molecule has 0 unspecified atom stereocenters. The molecule has 0 aliphatic carbocycles. The second kappa shape index (κ2) is 7.83. The molecule has 0 radical (unpaired) electrons. The number of hydrogen-bond acceptors (Lipinski definition) is 3. The molecular weight excluding hydrogens is 308 g/mol. The maximum Gasteiger partial charge on any atom is 0.171 e. The van der Waals surface area contributed by atoms with E-state index in [-0.39, 0.29) is 0 Å². The van der Waals surface area contributed by atoms with Gasteiger partial charge >= 0.3 is 0 Å². The Kier molecular flexibility index (Phi) is 5.82. The molecular formula is C18H22N2O2S. The first kappa shape index (κ1) is 17.1. The molecule has 0 saturated carbocycles. The van der Waals surface area contributed by atoms with E-state index in [1.54, 1.807) is 14.2 Å². The number of ether oxygens (including phenoxy) is 2. The third-order valence-corrected chi connectivity index (χ3v) is 3.63. The van der Waals surface area contributed by atoms with Gasteiger partial charge < -0.3 is 20.1 Å². The molecule has 122 valence electrons. The van der Waals surface area contributed by atoms with Gasteiger partial charge in [0.15, 0.2) is 16.6 Å². The van der Waals surface area contributed by atoms with Crippen LogP contribution in [0.1, 0.15) is 16.7 Å². The highest BCUT2D eigenvalue weighted by Crippen LogP contribution is 2.27. The maximum absolute atomic E-state index is 5.35. The molecule has 0 spiro atoms. The van der Waals surface area contributed by atoms with Gasteiger partial charge in [-0.25, -0.2) is 0 Å². The fraction of sp³-hybridized carbons (Fsp3) is 0.278. The molecule has 2 rings (SSSR count). The van der Waals surface area contributed by atoms with Crippen molar-refractivity contribution in [2.45, 2.75) is 20.4 Å². The van der Waals surface area contributed by atoms with Crippen LogP contribution in [0.4, 0.5) is 5.69 Å². The van der Waals surface area contributed by atoms with Gasteiger partial charge in [0.2, 0.25) is 0 Å². The lowest BCUT2D eigenvalue weighted by atomic mass is 10.1. The topological polar surface area (TPSA) is 42.5 Å². The maximum atomic E-state index is 5.35. The highest BCUT2D eigenvalue weighted by molar-refractivity contribution is 7.80. The van der Waals surface area contributed by atoms with Crippen molar-refractivity contribution in [1.82, 2.24) is 5.32 Å². The van der Waals surface area contributed by atoms with Gasteiger partial charge in [-0.1, -0.05) is 12.1 Å². The van der Waals surface area contributed by atoms with Crippen molar-refractivity contribution >= 4 is 23.0 Å². The zero-order valence-electron chi connectivity index (χ0n) is 13.9. The van der Waals surface area contributed by atoms with Gasteiger partial charge in [-0.15, -0.1) is 0 Å². The van der Waals surface area contributed by atoms with E-state index in [9.17, 15) is 0 Å². The molecule has 5 heteroatoms. The minimum atomic E-state index is 0.588. The molecule has 0 bridgehead atoms. The van der Waals surface area contributed by atoms with Gasteiger partial charge in [0, 0.05) is 12.2 Å². The van der Waals surface area contributed by atoms with E-state index in [0.29, 0.717) is 23.2 Å². The predicted octanol–water partition coefficient (Wildman–Crippen LogP) is 3.81. The smallest absolute Gasteiger partial charge is 0.171 e. The summed E-state index contributed by atoms with van der Waals surface area (Å²) in [6, 6.07) is 12.1. The summed E-state index contributed by atoms with van der Waals surface area (Å²) in [7, 11) is 3.25. The van der Waals surface area contributed by atoms with Crippen molar-refractivity contribution in [2.24, 2.45) is 0 Å². The van der Waals surface area contributed by atoms with Crippen LogP contribution in [0.5, 0.6) is 11.5 Å². The quantitative estimate of drug-likeness (QED) is 0.816. The highest BCUT2D eigenvalue weighted by atomic mass is 32.1. The lowest BCUT2D eigenvalue weighted by Crippen LogP contribution is -2.27. The van der Waals surface area contributed by atoms with E-state index < -0.39 is 0 Å². The summed E-state index contributed by atoms with van der Waals surface area (Å²) in [6.07, 6.45) is 0. The number of aryl methyl sites for hydroxylation is 2. The van der Waals surface area contributed by atoms with Crippen LogP contribution in [0, 0.1) is 13.8 Å². The largest absolute Gasteiger partial charge is 0.493 e. The van der Waals surface area contributed by atoms with Gasteiger partial charge in [0.25, 0.3) is 0 Å². The van der Waals surface area contributed by atoms with Crippen LogP contribution in [0.25, 0.3) is 0 Å². The van der Waals surface area contributed by atoms with Gasteiger partial charge in [-0.05, 0) is 67.0 Å². The van der Waals surface area contributed by atoms with Crippen LogP contribution in [0.2, 0.25) is 0 Å². The molecule has 4 nitrogen and oxygen atoms in total. The molecule has 0 aromatic heterocycles. The average molecular weight is 330 g/mol. The van der Waals surface area contributed by atoms with Crippen molar-refractivity contribution in [2.75, 3.05) is 19.5 Å². The normalized spacial score (nSPS) is 10.1. The monoisotopic (exact) mass is 330 g/mol. The van der Waals surface area contributed by atoms with Crippen LogP contribution in [0.3, 0.4) is 0 Å². The average Bonchev–Trinajstić information content (AvgIpc) is 2.51. The van der Waals surface area contributed by atoms with E-state index in [0.717, 1.165) is 11.3 Å².